The number of carbonyl (C=O) groups is 3. The van der Waals surface area contributed by atoms with Gasteiger partial charge in [-0.15, -0.1) is 0 Å². The van der Waals surface area contributed by atoms with Crippen molar-refractivity contribution in [1.29, 1.82) is 0 Å². The number of Topliss-reactive ketones (excluding diaryl/α,β-unsaturated/α-hetero) is 1. The molecule has 20 heavy (non-hydrogen) atoms. The van der Waals surface area contributed by atoms with Crippen molar-refractivity contribution < 1.29 is 22.8 Å². The summed E-state index contributed by atoms with van der Waals surface area (Å²) in [5.74, 6) is -2.38. The highest BCUT2D eigenvalue weighted by Crippen LogP contribution is 2.26. The molecular formula is C14H10O5S. The minimum atomic E-state index is -4.20. The van der Waals surface area contributed by atoms with E-state index in [1.165, 1.54) is 24.3 Å². The van der Waals surface area contributed by atoms with Gasteiger partial charge in [0.25, 0.3) is 0 Å². The third-order valence-corrected chi connectivity index (χ3v) is 4.59. The van der Waals surface area contributed by atoms with Gasteiger partial charge in [-0.2, -0.15) is 0 Å². The molecule has 1 aromatic carbocycles. The van der Waals surface area contributed by atoms with E-state index in [0.29, 0.717) is 0 Å². The van der Waals surface area contributed by atoms with Crippen LogP contribution in [0.2, 0.25) is 0 Å². The molecule has 0 aromatic heterocycles. The lowest BCUT2D eigenvalue weighted by Gasteiger charge is -2.13. The second-order valence-electron chi connectivity index (χ2n) is 4.14. The van der Waals surface area contributed by atoms with Crippen molar-refractivity contribution >= 4 is 27.2 Å². The van der Waals surface area contributed by atoms with Crippen LogP contribution >= 0.6 is 0 Å². The number of benzene rings is 1. The highest BCUT2D eigenvalue weighted by atomic mass is 32.2. The Balaban J connectivity index is 2.76. The van der Waals surface area contributed by atoms with E-state index in [1.54, 1.807) is 6.07 Å². The SMILES string of the molecule is CC(=O)C1=C(S(=O)(=O)c2ccccc2)C(=O)C=CC1=O. The van der Waals surface area contributed by atoms with Crippen LogP contribution in [0.15, 0.2) is 57.9 Å². The topological polar surface area (TPSA) is 85.3 Å². The van der Waals surface area contributed by atoms with E-state index in [1.807, 2.05) is 0 Å². The molecule has 0 saturated carbocycles. The molecular weight excluding hydrogens is 280 g/mol. The maximum absolute atomic E-state index is 12.4. The quantitative estimate of drug-likeness (QED) is 0.612. The predicted molar refractivity (Wildman–Crippen MR) is 70.5 cm³/mol. The van der Waals surface area contributed by atoms with Gasteiger partial charge in [0.2, 0.25) is 9.84 Å². The molecule has 2 rings (SSSR count). The fourth-order valence-electron chi connectivity index (χ4n) is 1.86. The lowest BCUT2D eigenvalue weighted by molar-refractivity contribution is -0.120. The fourth-order valence-corrected chi connectivity index (χ4v) is 3.46. The second kappa shape index (κ2) is 4.97. The Morgan fingerprint density at radius 3 is 2.05 bits per heavy atom. The highest BCUT2D eigenvalue weighted by molar-refractivity contribution is 7.96. The lowest BCUT2D eigenvalue weighted by Crippen LogP contribution is -2.24. The Morgan fingerprint density at radius 1 is 0.950 bits per heavy atom. The standard InChI is InChI=1S/C14H10O5S/c1-9(15)13-11(16)7-8-12(17)14(13)20(18,19)10-5-3-2-4-6-10/h2-8H,1H3. The summed E-state index contributed by atoms with van der Waals surface area (Å²) in [6, 6.07) is 7.21. The zero-order valence-electron chi connectivity index (χ0n) is 10.5. The van der Waals surface area contributed by atoms with Crippen LogP contribution in [0.25, 0.3) is 0 Å². The lowest BCUT2D eigenvalue weighted by atomic mass is 10.0. The highest BCUT2D eigenvalue weighted by Gasteiger charge is 2.35. The molecule has 1 aliphatic carbocycles. The van der Waals surface area contributed by atoms with E-state index in [-0.39, 0.29) is 4.90 Å². The van der Waals surface area contributed by atoms with Crippen LogP contribution in [-0.4, -0.2) is 25.8 Å². The summed E-state index contributed by atoms with van der Waals surface area (Å²) in [7, 11) is -4.20. The molecule has 0 spiro atoms. The van der Waals surface area contributed by atoms with E-state index in [0.717, 1.165) is 19.1 Å². The normalized spacial score (nSPS) is 15.7. The van der Waals surface area contributed by atoms with E-state index in [2.05, 4.69) is 0 Å². The number of hydrogen-bond acceptors (Lipinski definition) is 5. The molecule has 0 bridgehead atoms. The molecule has 6 heteroatoms. The first-order valence-corrected chi connectivity index (χ1v) is 7.16. The first kappa shape index (κ1) is 14.1. The van der Waals surface area contributed by atoms with Gasteiger partial charge < -0.3 is 0 Å². The molecule has 102 valence electrons. The Hall–Kier alpha value is -2.34. The van der Waals surface area contributed by atoms with E-state index in [4.69, 9.17) is 0 Å². The third-order valence-electron chi connectivity index (χ3n) is 2.76. The van der Waals surface area contributed by atoms with Gasteiger partial charge in [-0.05, 0) is 31.2 Å². The van der Waals surface area contributed by atoms with Crippen LogP contribution in [0.3, 0.4) is 0 Å². The molecule has 0 N–H and O–H groups in total. The van der Waals surface area contributed by atoms with Crippen LogP contribution in [0.5, 0.6) is 0 Å². The Labute approximate surface area is 115 Å². The molecule has 0 unspecified atom stereocenters. The minimum Gasteiger partial charge on any atom is -0.294 e. The average molecular weight is 290 g/mol. The molecule has 1 aromatic rings. The van der Waals surface area contributed by atoms with Crippen molar-refractivity contribution in [2.24, 2.45) is 0 Å². The summed E-state index contributed by atoms with van der Waals surface area (Å²) in [5.41, 5.74) is -0.582. The summed E-state index contributed by atoms with van der Waals surface area (Å²) in [5, 5.41) is 0. The molecule has 5 nitrogen and oxygen atoms in total. The van der Waals surface area contributed by atoms with Gasteiger partial charge >= 0.3 is 0 Å². The van der Waals surface area contributed by atoms with Crippen molar-refractivity contribution in [3.8, 4) is 0 Å². The van der Waals surface area contributed by atoms with E-state index in [9.17, 15) is 22.8 Å². The molecule has 0 radical (unpaired) electrons. The van der Waals surface area contributed by atoms with Gasteiger partial charge in [-0.3, -0.25) is 14.4 Å². The van der Waals surface area contributed by atoms with Gasteiger partial charge in [0.1, 0.15) is 4.91 Å². The number of ketones is 3. The maximum Gasteiger partial charge on any atom is 0.211 e. The third kappa shape index (κ3) is 2.25. The van der Waals surface area contributed by atoms with Gasteiger partial charge in [-0.25, -0.2) is 8.42 Å². The van der Waals surface area contributed by atoms with E-state index >= 15 is 0 Å². The van der Waals surface area contributed by atoms with Crippen molar-refractivity contribution in [2.75, 3.05) is 0 Å². The zero-order valence-corrected chi connectivity index (χ0v) is 11.3. The van der Waals surface area contributed by atoms with Crippen LogP contribution < -0.4 is 0 Å². The van der Waals surface area contributed by atoms with Gasteiger partial charge in [0.05, 0.1) is 10.5 Å². The number of allylic oxidation sites excluding steroid dienone is 4. The first-order chi connectivity index (χ1) is 9.35. The minimum absolute atomic E-state index is 0.134. The van der Waals surface area contributed by atoms with Crippen LogP contribution in [0.4, 0.5) is 0 Å². The molecule has 0 aliphatic heterocycles. The van der Waals surface area contributed by atoms with Gasteiger partial charge in [0, 0.05) is 0 Å². The summed E-state index contributed by atoms with van der Waals surface area (Å²) in [6.45, 7) is 1.06. The molecule has 0 fully saturated rings. The zero-order chi connectivity index (χ0) is 14.9. The smallest absolute Gasteiger partial charge is 0.211 e. The van der Waals surface area contributed by atoms with Gasteiger partial charge in [-0.1, -0.05) is 18.2 Å². The summed E-state index contributed by atoms with van der Waals surface area (Å²) in [6.07, 6.45) is 1.77. The number of rotatable bonds is 3. The second-order valence-corrected chi connectivity index (χ2v) is 6.03. The summed E-state index contributed by atoms with van der Waals surface area (Å²) >= 11 is 0. The Morgan fingerprint density at radius 2 is 1.50 bits per heavy atom. The van der Waals surface area contributed by atoms with Crippen molar-refractivity contribution in [1.82, 2.24) is 0 Å². The molecule has 0 saturated heterocycles. The first-order valence-electron chi connectivity index (χ1n) is 5.68. The van der Waals surface area contributed by atoms with Crippen LogP contribution in [0, 0.1) is 0 Å². The predicted octanol–water partition coefficient (Wildman–Crippen LogP) is 1.01. The Kier molecular flexibility index (Phi) is 3.50. The average Bonchev–Trinajstić information content (AvgIpc) is 2.41. The van der Waals surface area contributed by atoms with Gasteiger partial charge in [0.15, 0.2) is 17.3 Å². The molecule has 0 heterocycles. The van der Waals surface area contributed by atoms with Crippen molar-refractivity contribution in [3.05, 3.63) is 53.0 Å². The van der Waals surface area contributed by atoms with Crippen molar-refractivity contribution in [3.63, 3.8) is 0 Å². The van der Waals surface area contributed by atoms with Crippen LogP contribution in [-0.2, 0) is 24.2 Å². The van der Waals surface area contributed by atoms with Crippen LogP contribution in [0.1, 0.15) is 6.92 Å². The summed E-state index contributed by atoms with van der Waals surface area (Å²) < 4.78 is 24.9. The number of sulfone groups is 1. The fraction of sp³-hybridized carbons (Fsp3) is 0.0714. The number of carbonyl (C=O) groups excluding carboxylic acids is 3. The van der Waals surface area contributed by atoms with E-state index < -0.39 is 37.7 Å². The monoisotopic (exact) mass is 290 g/mol. The molecule has 1 aliphatic rings. The maximum atomic E-state index is 12.4. The largest absolute Gasteiger partial charge is 0.294 e. The summed E-state index contributed by atoms with van der Waals surface area (Å²) in [4.78, 5) is 34.2. The molecule has 0 amide bonds. The molecule has 0 atom stereocenters. The number of hydrogen-bond donors (Lipinski definition) is 0. The van der Waals surface area contributed by atoms with Crippen molar-refractivity contribution in [2.45, 2.75) is 11.8 Å². The Bertz CT molecular complexity index is 767.